The number of rotatable bonds is 1. The van der Waals surface area contributed by atoms with Crippen molar-refractivity contribution in [2.24, 2.45) is 0 Å². The third-order valence-corrected chi connectivity index (χ3v) is 3.47. The van der Waals surface area contributed by atoms with Crippen LogP contribution in [0.5, 0.6) is 0 Å². The number of aryl methyl sites for hydroxylation is 2. The number of aromatic amines is 1. The van der Waals surface area contributed by atoms with Crippen molar-refractivity contribution in [1.29, 1.82) is 0 Å². The lowest BCUT2D eigenvalue weighted by atomic mass is 9.97. The highest BCUT2D eigenvalue weighted by Crippen LogP contribution is 2.34. The van der Waals surface area contributed by atoms with Crippen molar-refractivity contribution in [3.63, 3.8) is 0 Å². The number of alkyl halides is 1. The molecule has 94 valence electrons. The van der Waals surface area contributed by atoms with E-state index in [1.165, 1.54) is 13.8 Å². The average molecular weight is 265 g/mol. The summed E-state index contributed by atoms with van der Waals surface area (Å²) in [5.41, 5.74) is 2.11. The molecule has 2 nitrogen and oxygen atoms in total. The minimum atomic E-state index is -1.60. The first-order valence-corrected chi connectivity index (χ1v) is 5.99. The van der Waals surface area contributed by atoms with Gasteiger partial charge in [-0.3, -0.25) is 0 Å². The van der Waals surface area contributed by atoms with Gasteiger partial charge in [-0.1, -0.05) is 17.5 Å². The molecule has 4 heteroatoms. The van der Waals surface area contributed by atoms with Gasteiger partial charge in [0, 0.05) is 5.69 Å². The van der Waals surface area contributed by atoms with Crippen LogP contribution in [0.4, 0.5) is 4.39 Å². The summed E-state index contributed by atoms with van der Waals surface area (Å²) >= 11 is 6.16. The molecule has 0 fully saturated rings. The third kappa shape index (κ3) is 1.77. The van der Waals surface area contributed by atoms with Gasteiger partial charge in [0.25, 0.3) is 0 Å². The highest BCUT2D eigenvalue weighted by molar-refractivity contribution is 6.36. The molecular weight excluding hydrogens is 251 g/mol. The number of fused-ring (bicyclic) bond motifs is 1. The van der Waals surface area contributed by atoms with Gasteiger partial charge in [-0.25, -0.2) is 9.37 Å². The zero-order valence-corrected chi connectivity index (χ0v) is 11.5. The predicted molar refractivity (Wildman–Crippen MR) is 72.6 cm³/mol. The smallest absolute Gasteiger partial charge is 0.148 e. The molecule has 1 N–H and O–H groups in total. The van der Waals surface area contributed by atoms with Crippen molar-refractivity contribution in [2.45, 2.75) is 33.4 Å². The number of hydrogen-bond donors (Lipinski definition) is 1. The van der Waals surface area contributed by atoms with Crippen LogP contribution in [0.1, 0.15) is 36.4 Å². The first kappa shape index (κ1) is 12.9. The molecule has 0 saturated carbocycles. The molecule has 0 aliphatic carbocycles. The SMILES string of the molecule is C#Cc1c(C(C)(C)F)nc2c(Cl)c(C)[nH]c2c1C. The van der Waals surface area contributed by atoms with Crippen molar-refractivity contribution in [3.8, 4) is 12.3 Å². The predicted octanol–water partition coefficient (Wildman–Crippen LogP) is 4.02. The molecule has 2 rings (SSSR count). The van der Waals surface area contributed by atoms with Gasteiger partial charge in [-0.15, -0.1) is 6.42 Å². The minimum absolute atomic E-state index is 0.260. The van der Waals surface area contributed by atoms with Crippen LogP contribution in [0.3, 0.4) is 0 Å². The maximum absolute atomic E-state index is 14.2. The van der Waals surface area contributed by atoms with Gasteiger partial charge in [-0.2, -0.15) is 0 Å². The van der Waals surface area contributed by atoms with Crippen molar-refractivity contribution >= 4 is 22.6 Å². The number of hydrogen-bond acceptors (Lipinski definition) is 1. The Hall–Kier alpha value is -1.53. The lowest BCUT2D eigenvalue weighted by Gasteiger charge is -2.17. The van der Waals surface area contributed by atoms with E-state index in [9.17, 15) is 4.39 Å². The van der Waals surface area contributed by atoms with Gasteiger partial charge in [0.2, 0.25) is 0 Å². The normalized spacial score (nSPS) is 11.8. The zero-order chi connectivity index (χ0) is 13.7. The van der Waals surface area contributed by atoms with Crippen LogP contribution in [-0.2, 0) is 5.67 Å². The first-order valence-electron chi connectivity index (χ1n) is 5.61. The van der Waals surface area contributed by atoms with E-state index in [-0.39, 0.29) is 5.69 Å². The van der Waals surface area contributed by atoms with E-state index in [0.29, 0.717) is 16.1 Å². The lowest BCUT2D eigenvalue weighted by molar-refractivity contribution is 0.214. The summed E-state index contributed by atoms with van der Waals surface area (Å²) < 4.78 is 14.2. The summed E-state index contributed by atoms with van der Waals surface area (Å²) in [5.74, 6) is 2.53. The highest BCUT2D eigenvalue weighted by atomic mass is 35.5. The fourth-order valence-corrected chi connectivity index (χ4v) is 2.23. The quantitative estimate of drug-likeness (QED) is 0.775. The molecule has 18 heavy (non-hydrogen) atoms. The molecule has 0 bridgehead atoms. The first-order chi connectivity index (χ1) is 8.27. The summed E-state index contributed by atoms with van der Waals surface area (Å²) in [5, 5.41) is 0.516. The number of terminal acetylenes is 1. The van der Waals surface area contributed by atoms with Crippen molar-refractivity contribution in [3.05, 3.63) is 27.5 Å². The second-order valence-corrected chi connectivity index (χ2v) is 5.24. The Labute approximate surface area is 111 Å². The topological polar surface area (TPSA) is 28.7 Å². The molecule has 0 aliphatic rings. The molecule has 0 aliphatic heterocycles. The van der Waals surface area contributed by atoms with E-state index in [1.807, 2.05) is 13.8 Å². The fraction of sp³-hybridized carbons (Fsp3) is 0.357. The maximum atomic E-state index is 14.2. The zero-order valence-electron chi connectivity index (χ0n) is 10.8. The maximum Gasteiger partial charge on any atom is 0.148 e. The number of halogens is 2. The fourth-order valence-electron chi connectivity index (χ4n) is 2.04. The van der Waals surface area contributed by atoms with Crippen molar-refractivity contribution in [2.75, 3.05) is 0 Å². The summed E-state index contributed by atoms with van der Waals surface area (Å²) in [4.78, 5) is 7.45. The molecule has 0 aromatic carbocycles. The highest BCUT2D eigenvalue weighted by Gasteiger charge is 2.27. The van der Waals surface area contributed by atoms with Crippen LogP contribution in [0.2, 0.25) is 5.02 Å². The number of nitrogens with one attached hydrogen (secondary N) is 1. The minimum Gasteiger partial charge on any atom is -0.356 e. The van der Waals surface area contributed by atoms with E-state index in [4.69, 9.17) is 18.0 Å². The Morgan fingerprint density at radius 3 is 2.50 bits per heavy atom. The van der Waals surface area contributed by atoms with Crippen LogP contribution >= 0.6 is 11.6 Å². The summed E-state index contributed by atoms with van der Waals surface area (Å²) in [7, 11) is 0. The monoisotopic (exact) mass is 264 g/mol. The van der Waals surface area contributed by atoms with E-state index in [1.54, 1.807) is 0 Å². The van der Waals surface area contributed by atoms with Gasteiger partial charge in [0.05, 0.1) is 21.8 Å². The molecule has 2 heterocycles. The Kier molecular flexibility index (Phi) is 2.87. The van der Waals surface area contributed by atoms with Crippen LogP contribution in [-0.4, -0.2) is 9.97 Å². The molecular formula is C14H14ClFN2. The van der Waals surface area contributed by atoms with Crippen LogP contribution in [0.15, 0.2) is 0 Å². The van der Waals surface area contributed by atoms with Crippen molar-refractivity contribution < 1.29 is 4.39 Å². The van der Waals surface area contributed by atoms with E-state index >= 15 is 0 Å². The van der Waals surface area contributed by atoms with Gasteiger partial charge in [0.1, 0.15) is 11.2 Å². The molecule has 0 atom stereocenters. The molecule has 0 unspecified atom stereocenters. The summed E-state index contributed by atoms with van der Waals surface area (Å²) in [6, 6.07) is 0. The molecule has 2 aromatic heterocycles. The molecule has 0 spiro atoms. The van der Waals surface area contributed by atoms with Crippen LogP contribution < -0.4 is 0 Å². The molecule has 2 aromatic rings. The Morgan fingerprint density at radius 2 is 2.00 bits per heavy atom. The largest absolute Gasteiger partial charge is 0.356 e. The number of aromatic nitrogens is 2. The number of nitrogens with zero attached hydrogens (tertiary/aromatic N) is 1. The van der Waals surface area contributed by atoms with Gasteiger partial charge in [0.15, 0.2) is 0 Å². The summed E-state index contributed by atoms with van der Waals surface area (Å²) in [6.45, 7) is 6.57. The Balaban J connectivity index is 2.97. The van der Waals surface area contributed by atoms with Crippen molar-refractivity contribution in [1.82, 2.24) is 9.97 Å². The van der Waals surface area contributed by atoms with E-state index < -0.39 is 5.67 Å². The molecule has 0 saturated heterocycles. The standard InChI is InChI=1S/C14H14ClFN2/c1-6-9-7(2)11-12(10(15)8(3)17-11)18-13(9)14(4,5)16/h1,17H,2-5H3. The molecule has 0 amide bonds. The Morgan fingerprint density at radius 1 is 1.39 bits per heavy atom. The van der Waals surface area contributed by atoms with E-state index in [2.05, 4.69) is 15.9 Å². The number of H-pyrrole nitrogens is 1. The van der Waals surface area contributed by atoms with Gasteiger partial charge in [-0.05, 0) is 33.3 Å². The lowest BCUT2D eigenvalue weighted by Crippen LogP contribution is -2.15. The van der Waals surface area contributed by atoms with Crippen LogP contribution in [0.25, 0.3) is 11.0 Å². The average Bonchev–Trinajstić information content (AvgIpc) is 2.55. The summed E-state index contributed by atoms with van der Waals surface area (Å²) in [6.07, 6.45) is 5.48. The second-order valence-electron chi connectivity index (χ2n) is 4.86. The Bertz CT molecular complexity index is 672. The number of pyridine rings is 1. The third-order valence-electron chi connectivity index (χ3n) is 3.00. The van der Waals surface area contributed by atoms with Crippen LogP contribution in [0, 0.1) is 26.2 Å². The molecule has 0 radical (unpaired) electrons. The van der Waals surface area contributed by atoms with E-state index in [0.717, 1.165) is 16.8 Å². The van der Waals surface area contributed by atoms with Gasteiger partial charge >= 0.3 is 0 Å². The van der Waals surface area contributed by atoms with Gasteiger partial charge < -0.3 is 4.98 Å². The second kappa shape index (κ2) is 4.00.